The maximum absolute atomic E-state index is 12.1. The number of nitrogens with zero attached hydrogens (tertiary/aromatic N) is 2. The van der Waals surface area contributed by atoms with Crippen molar-refractivity contribution in [1.29, 1.82) is 0 Å². The van der Waals surface area contributed by atoms with Gasteiger partial charge in [-0.05, 0) is 27.2 Å². The third kappa shape index (κ3) is 4.69. The number of aromatic nitrogens is 1. The lowest BCUT2D eigenvalue weighted by Gasteiger charge is -2.36. The number of fused-ring (bicyclic) bond motifs is 1. The van der Waals surface area contributed by atoms with Crippen molar-refractivity contribution in [2.24, 2.45) is 5.92 Å². The summed E-state index contributed by atoms with van der Waals surface area (Å²) in [5.41, 5.74) is -0.537. The molecule has 8 heteroatoms. The molecule has 0 radical (unpaired) electrons. The van der Waals surface area contributed by atoms with Gasteiger partial charge in [0.05, 0.1) is 18.8 Å². The number of hydrogen-bond acceptors (Lipinski definition) is 7. The van der Waals surface area contributed by atoms with Crippen molar-refractivity contribution in [2.75, 3.05) is 38.2 Å². The quantitative estimate of drug-likeness (QED) is 0.845. The normalized spacial score (nSPS) is 22.7. The molecule has 8 nitrogen and oxygen atoms in total. The number of anilines is 1. The molecule has 0 unspecified atom stereocenters. The zero-order valence-electron chi connectivity index (χ0n) is 15.5. The van der Waals surface area contributed by atoms with Gasteiger partial charge < -0.3 is 29.5 Å². The Morgan fingerprint density at radius 1 is 1.38 bits per heavy atom. The van der Waals surface area contributed by atoms with Gasteiger partial charge in [0.1, 0.15) is 24.6 Å². The van der Waals surface area contributed by atoms with E-state index in [2.05, 4.69) is 10.3 Å². The first-order valence-electron chi connectivity index (χ1n) is 8.97. The molecule has 1 amide bonds. The zero-order chi connectivity index (χ0) is 18.7. The van der Waals surface area contributed by atoms with E-state index in [0.29, 0.717) is 50.0 Å². The number of carbonyl (C=O) groups excluding carboxylic acids is 1. The van der Waals surface area contributed by atoms with Crippen LogP contribution >= 0.6 is 0 Å². The lowest BCUT2D eigenvalue weighted by molar-refractivity contribution is -0.0104. The van der Waals surface area contributed by atoms with Crippen LogP contribution in [0.3, 0.4) is 0 Å². The number of rotatable bonds is 3. The Bertz CT molecular complexity index is 646. The van der Waals surface area contributed by atoms with Crippen molar-refractivity contribution in [2.45, 2.75) is 38.9 Å². The number of amides is 1. The summed E-state index contributed by atoms with van der Waals surface area (Å²) in [7, 11) is 0. The molecular weight excluding hydrogens is 338 g/mol. The van der Waals surface area contributed by atoms with Crippen molar-refractivity contribution in [1.82, 2.24) is 9.88 Å². The number of nitrogens with one attached hydrogen (secondary N) is 1. The van der Waals surface area contributed by atoms with Crippen LogP contribution in [0.25, 0.3) is 0 Å². The van der Waals surface area contributed by atoms with Crippen molar-refractivity contribution in [3.8, 4) is 11.5 Å². The lowest BCUT2D eigenvalue weighted by Crippen LogP contribution is -2.49. The summed E-state index contributed by atoms with van der Waals surface area (Å²) in [5.74, 6) is 2.03. The topological polar surface area (TPSA) is 93.2 Å². The molecule has 1 aromatic heterocycles. The molecule has 26 heavy (non-hydrogen) atoms. The van der Waals surface area contributed by atoms with E-state index in [1.807, 2.05) is 20.8 Å². The van der Waals surface area contributed by atoms with Crippen molar-refractivity contribution < 1.29 is 24.1 Å². The minimum absolute atomic E-state index is 0.0312. The van der Waals surface area contributed by atoms with Crippen molar-refractivity contribution in [3.63, 3.8) is 0 Å². The highest BCUT2D eigenvalue weighted by molar-refractivity contribution is 5.68. The fourth-order valence-electron chi connectivity index (χ4n) is 2.99. The molecule has 0 aliphatic carbocycles. The zero-order valence-corrected chi connectivity index (χ0v) is 15.5. The van der Waals surface area contributed by atoms with Crippen LogP contribution in [0.2, 0.25) is 0 Å². The molecule has 0 saturated carbocycles. The van der Waals surface area contributed by atoms with Gasteiger partial charge >= 0.3 is 6.09 Å². The number of aliphatic hydroxyl groups is 1. The highest BCUT2D eigenvalue weighted by atomic mass is 16.6. The minimum Gasteiger partial charge on any atom is -0.486 e. The van der Waals surface area contributed by atoms with Gasteiger partial charge in [-0.2, -0.15) is 0 Å². The molecule has 1 fully saturated rings. The fraction of sp³-hybridized carbons (Fsp3) is 0.667. The Balaban J connectivity index is 1.50. The molecule has 1 aromatic rings. The molecule has 0 spiro atoms. The van der Waals surface area contributed by atoms with E-state index >= 15 is 0 Å². The van der Waals surface area contributed by atoms with Crippen LogP contribution in [0.5, 0.6) is 11.5 Å². The number of carbonyl (C=O) groups is 1. The second-order valence-corrected chi connectivity index (χ2v) is 7.64. The number of β-amino-alcohol motifs (C(OH)–C–C–N with tert-alkyl or cyclic N) is 1. The number of aliphatic hydroxyl groups excluding tert-OH is 1. The highest BCUT2D eigenvalue weighted by Gasteiger charge is 2.32. The second-order valence-electron chi connectivity index (χ2n) is 7.64. The van der Waals surface area contributed by atoms with Gasteiger partial charge in [-0.1, -0.05) is 0 Å². The molecule has 0 bridgehead atoms. The van der Waals surface area contributed by atoms with Crippen LogP contribution in [-0.2, 0) is 4.74 Å². The Morgan fingerprint density at radius 2 is 2.12 bits per heavy atom. The van der Waals surface area contributed by atoms with Crippen molar-refractivity contribution >= 4 is 11.9 Å². The predicted octanol–water partition coefficient (Wildman–Crippen LogP) is 1.88. The lowest BCUT2D eigenvalue weighted by atomic mass is 9.94. The fourth-order valence-corrected chi connectivity index (χ4v) is 2.99. The molecule has 144 valence electrons. The van der Waals surface area contributed by atoms with Gasteiger partial charge in [-0.15, -0.1) is 0 Å². The largest absolute Gasteiger partial charge is 0.486 e. The van der Waals surface area contributed by atoms with E-state index in [1.54, 1.807) is 17.2 Å². The van der Waals surface area contributed by atoms with Crippen LogP contribution < -0.4 is 14.8 Å². The van der Waals surface area contributed by atoms with Gasteiger partial charge in [0, 0.05) is 25.1 Å². The number of ether oxygens (including phenoxy) is 3. The number of pyridine rings is 1. The Kier molecular flexibility index (Phi) is 5.41. The molecular formula is C18H27N3O5. The average molecular weight is 365 g/mol. The van der Waals surface area contributed by atoms with E-state index in [-0.39, 0.29) is 18.6 Å². The first kappa shape index (κ1) is 18.6. The summed E-state index contributed by atoms with van der Waals surface area (Å²) >= 11 is 0. The van der Waals surface area contributed by atoms with Gasteiger partial charge in [0.2, 0.25) is 0 Å². The predicted molar refractivity (Wildman–Crippen MR) is 95.6 cm³/mol. The smallest absolute Gasteiger partial charge is 0.410 e. The van der Waals surface area contributed by atoms with Gasteiger partial charge in [-0.3, -0.25) is 0 Å². The summed E-state index contributed by atoms with van der Waals surface area (Å²) in [6, 6.07) is 1.80. The van der Waals surface area contributed by atoms with Crippen LogP contribution in [0.4, 0.5) is 10.6 Å². The van der Waals surface area contributed by atoms with Crippen LogP contribution in [-0.4, -0.2) is 65.6 Å². The summed E-state index contributed by atoms with van der Waals surface area (Å²) in [6.45, 7) is 7.95. The minimum atomic E-state index is -0.610. The first-order chi connectivity index (χ1) is 12.3. The number of piperidine rings is 1. The van der Waals surface area contributed by atoms with Gasteiger partial charge in [-0.25, -0.2) is 9.78 Å². The Morgan fingerprint density at radius 3 is 2.81 bits per heavy atom. The maximum atomic E-state index is 12.1. The van der Waals surface area contributed by atoms with E-state index in [0.717, 1.165) is 0 Å². The molecule has 3 heterocycles. The molecule has 3 rings (SSSR count). The molecule has 0 aromatic carbocycles. The summed E-state index contributed by atoms with van der Waals surface area (Å²) in [6.07, 6.45) is 1.34. The van der Waals surface area contributed by atoms with Crippen LogP contribution in [0, 0.1) is 5.92 Å². The Hall–Kier alpha value is -2.22. The molecule has 1 saturated heterocycles. The Labute approximate surface area is 153 Å². The highest BCUT2D eigenvalue weighted by Crippen LogP contribution is 2.31. The summed E-state index contributed by atoms with van der Waals surface area (Å²) in [4.78, 5) is 18.0. The van der Waals surface area contributed by atoms with E-state index in [9.17, 15) is 9.90 Å². The molecule has 2 N–H and O–H groups in total. The standard InChI is InChI=1S/C18H27N3O5/c1-18(2,3)26-17(23)21-5-4-12(13(22)11-21)9-19-16-8-14-15(10-20-16)25-7-6-24-14/h8,10,12-13,22H,4-7,9,11H2,1-3H3,(H,19,20)/t12-,13+/m1/s1. The molecule has 2 aliphatic heterocycles. The number of likely N-dealkylation sites (tertiary alicyclic amines) is 1. The number of hydrogen-bond donors (Lipinski definition) is 2. The second kappa shape index (κ2) is 7.57. The maximum Gasteiger partial charge on any atom is 0.410 e. The van der Waals surface area contributed by atoms with Gasteiger partial charge in [0.15, 0.2) is 11.5 Å². The van der Waals surface area contributed by atoms with E-state index in [4.69, 9.17) is 14.2 Å². The average Bonchev–Trinajstić information content (AvgIpc) is 2.59. The van der Waals surface area contributed by atoms with Crippen LogP contribution in [0.1, 0.15) is 27.2 Å². The first-order valence-corrected chi connectivity index (χ1v) is 8.97. The monoisotopic (exact) mass is 365 g/mol. The van der Waals surface area contributed by atoms with E-state index in [1.165, 1.54) is 0 Å². The van der Waals surface area contributed by atoms with Crippen molar-refractivity contribution in [3.05, 3.63) is 12.3 Å². The molecule has 2 atom stereocenters. The third-order valence-corrected chi connectivity index (χ3v) is 4.35. The summed E-state index contributed by atoms with van der Waals surface area (Å²) in [5, 5.41) is 13.6. The van der Waals surface area contributed by atoms with Crippen LogP contribution in [0.15, 0.2) is 12.3 Å². The summed E-state index contributed by atoms with van der Waals surface area (Å²) < 4.78 is 16.4. The van der Waals surface area contributed by atoms with E-state index < -0.39 is 11.7 Å². The molecule has 2 aliphatic rings. The third-order valence-electron chi connectivity index (χ3n) is 4.35. The SMILES string of the molecule is CC(C)(C)OC(=O)N1CC[C@H](CNc2cc3c(cn2)OCCO3)[C@@H](O)C1. The van der Waals surface area contributed by atoms with Gasteiger partial charge in [0.25, 0.3) is 0 Å².